The Morgan fingerprint density at radius 2 is 1.68 bits per heavy atom. The molecule has 41 heavy (non-hydrogen) atoms. The molecule has 3 rings (SSSR count). The number of sulfonamides is 1. The number of nitrogens with zero attached hydrogens (tertiary/aromatic N) is 2. The fourth-order valence-corrected chi connectivity index (χ4v) is 5.33. The second-order valence-electron chi connectivity index (χ2n) is 10.1. The quantitative estimate of drug-likeness (QED) is 0.299. The fourth-order valence-electron chi connectivity index (χ4n) is 4.31. The lowest BCUT2D eigenvalue weighted by Gasteiger charge is -2.34. The Morgan fingerprint density at radius 1 is 1.00 bits per heavy atom. The zero-order valence-electron chi connectivity index (χ0n) is 24.1. The number of ether oxygens (including phenoxy) is 1. The lowest BCUT2D eigenvalue weighted by atomic mass is 10.0. The molecule has 0 aliphatic carbocycles. The molecule has 0 radical (unpaired) electrons. The number of benzene rings is 3. The van der Waals surface area contributed by atoms with E-state index in [1.165, 1.54) is 11.0 Å². The summed E-state index contributed by atoms with van der Waals surface area (Å²) in [5.74, 6) is -0.246. The molecular formula is C31H38ClN3O5S. The fraction of sp³-hybridized carbons (Fsp3) is 0.355. The molecule has 0 fully saturated rings. The van der Waals surface area contributed by atoms with E-state index in [0.29, 0.717) is 17.2 Å². The predicted molar refractivity (Wildman–Crippen MR) is 164 cm³/mol. The van der Waals surface area contributed by atoms with Crippen LogP contribution in [-0.2, 0) is 32.6 Å². The number of carbonyl (C=O) groups is 2. The van der Waals surface area contributed by atoms with E-state index in [4.69, 9.17) is 16.3 Å². The molecule has 0 saturated carbocycles. The first-order valence-corrected chi connectivity index (χ1v) is 15.7. The highest BCUT2D eigenvalue weighted by atomic mass is 35.5. The number of methoxy groups -OCH3 is 1. The standard InChI is InChI=1S/C31H38ClN3O5S/c1-6-23(3)33-31(37)29(18-24-11-8-7-9-12-24)34(20-25-13-10-14-27(17-25)40-4)30(36)21-35(41(5,38)39)26-16-15-22(2)28(32)19-26/h7-17,19,23,29H,6,18,20-21H2,1-5H3,(H,33,37)/t23-,29-/m0/s1. The molecule has 0 bridgehead atoms. The Morgan fingerprint density at radius 3 is 2.29 bits per heavy atom. The van der Waals surface area contributed by atoms with Gasteiger partial charge in [-0.3, -0.25) is 13.9 Å². The molecule has 220 valence electrons. The van der Waals surface area contributed by atoms with Crippen LogP contribution in [0.3, 0.4) is 0 Å². The SMILES string of the molecule is CC[C@H](C)NC(=O)[C@H](Cc1ccccc1)N(Cc1cccc(OC)c1)C(=O)CN(c1ccc(C)c(Cl)c1)S(C)(=O)=O. The molecule has 3 aromatic carbocycles. The summed E-state index contributed by atoms with van der Waals surface area (Å²) in [4.78, 5) is 29.3. The smallest absolute Gasteiger partial charge is 0.244 e. The summed E-state index contributed by atoms with van der Waals surface area (Å²) in [7, 11) is -2.33. The van der Waals surface area contributed by atoms with E-state index in [-0.39, 0.29) is 30.6 Å². The summed E-state index contributed by atoms with van der Waals surface area (Å²) in [5, 5.41) is 3.40. The van der Waals surface area contributed by atoms with Crippen LogP contribution < -0.4 is 14.4 Å². The molecule has 0 saturated heterocycles. The monoisotopic (exact) mass is 599 g/mol. The van der Waals surface area contributed by atoms with Crippen molar-refractivity contribution in [3.8, 4) is 5.75 Å². The Bertz CT molecular complexity index is 1450. The third-order valence-electron chi connectivity index (χ3n) is 6.88. The number of amides is 2. The second-order valence-corrected chi connectivity index (χ2v) is 12.4. The number of anilines is 1. The Kier molecular flexibility index (Phi) is 11.2. The third-order valence-corrected chi connectivity index (χ3v) is 8.43. The molecular weight excluding hydrogens is 562 g/mol. The summed E-state index contributed by atoms with van der Waals surface area (Å²) in [6.07, 6.45) is 2.00. The van der Waals surface area contributed by atoms with E-state index in [2.05, 4.69) is 5.32 Å². The van der Waals surface area contributed by atoms with Gasteiger partial charge in [-0.1, -0.05) is 67.1 Å². The van der Waals surface area contributed by atoms with Crippen LogP contribution in [0.4, 0.5) is 5.69 Å². The minimum Gasteiger partial charge on any atom is -0.497 e. The van der Waals surface area contributed by atoms with Gasteiger partial charge in [0.2, 0.25) is 21.8 Å². The van der Waals surface area contributed by atoms with Gasteiger partial charge in [0, 0.05) is 24.0 Å². The van der Waals surface area contributed by atoms with Crippen molar-refractivity contribution in [2.45, 2.75) is 52.2 Å². The van der Waals surface area contributed by atoms with Crippen LogP contribution in [0.25, 0.3) is 0 Å². The lowest BCUT2D eigenvalue weighted by molar-refractivity contribution is -0.140. The lowest BCUT2D eigenvalue weighted by Crippen LogP contribution is -2.54. The number of nitrogens with one attached hydrogen (secondary N) is 1. The van der Waals surface area contributed by atoms with Crippen molar-refractivity contribution in [2.24, 2.45) is 0 Å². The Balaban J connectivity index is 2.08. The van der Waals surface area contributed by atoms with Gasteiger partial charge in [-0.05, 0) is 61.2 Å². The Hall–Kier alpha value is -3.56. The molecule has 3 aromatic rings. The van der Waals surface area contributed by atoms with Crippen molar-refractivity contribution in [3.63, 3.8) is 0 Å². The van der Waals surface area contributed by atoms with Crippen LogP contribution in [0.5, 0.6) is 5.75 Å². The number of aryl methyl sites for hydroxylation is 1. The maximum Gasteiger partial charge on any atom is 0.244 e. The first-order valence-electron chi connectivity index (χ1n) is 13.4. The summed E-state index contributed by atoms with van der Waals surface area (Å²) in [6.45, 7) is 5.23. The zero-order chi connectivity index (χ0) is 30.2. The molecule has 0 aliphatic rings. The molecule has 0 aliphatic heterocycles. The molecule has 2 atom stereocenters. The number of halogens is 1. The number of hydrogen-bond donors (Lipinski definition) is 1. The highest BCUT2D eigenvalue weighted by molar-refractivity contribution is 7.92. The average molecular weight is 600 g/mol. The molecule has 1 N–H and O–H groups in total. The van der Waals surface area contributed by atoms with Crippen LogP contribution in [0.1, 0.15) is 37.0 Å². The third kappa shape index (κ3) is 8.96. The average Bonchev–Trinajstić information content (AvgIpc) is 2.94. The first kappa shape index (κ1) is 32.0. The molecule has 2 amide bonds. The van der Waals surface area contributed by atoms with Gasteiger partial charge < -0.3 is 15.0 Å². The maximum atomic E-state index is 14.2. The number of rotatable bonds is 13. The van der Waals surface area contributed by atoms with Crippen molar-refractivity contribution < 1.29 is 22.7 Å². The summed E-state index contributed by atoms with van der Waals surface area (Å²) in [5.41, 5.74) is 2.64. The van der Waals surface area contributed by atoms with E-state index < -0.39 is 28.5 Å². The minimum atomic E-state index is -3.88. The van der Waals surface area contributed by atoms with Crippen molar-refractivity contribution in [2.75, 3.05) is 24.2 Å². The molecule has 10 heteroatoms. The number of carbonyl (C=O) groups excluding carboxylic acids is 2. The molecule has 0 aromatic heterocycles. The van der Waals surface area contributed by atoms with Crippen LogP contribution in [0.2, 0.25) is 5.02 Å². The van der Waals surface area contributed by atoms with Crippen molar-refractivity contribution in [1.29, 1.82) is 0 Å². The first-order chi connectivity index (χ1) is 19.4. The predicted octanol–water partition coefficient (Wildman–Crippen LogP) is 4.98. The molecule has 0 heterocycles. The van der Waals surface area contributed by atoms with E-state index in [0.717, 1.165) is 27.3 Å². The van der Waals surface area contributed by atoms with Gasteiger partial charge >= 0.3 is 0 Å². The van der Waals surface area contributed by atoms with Gasteiger partial charge in [0.1, 0.15) is 18.3 Å². The van der Waals surface area contributed by atoms with E-state index in [1.54, 1.807) is 37.4 Å². The molecule has 8 nitrogen and oxygen atoms in total. The van der Waals surface area contributed by atoms with Crippen molar-refractivity contribution in [1.82, 2.24) is 10.2 Å². The van der Waals surface area contributed by atoms with Crippen LogP contribution in [0.15, 0.2) is 72.8 Å². The van der Waals surface area contributed by atoms with Gasteiger partial charge in [-0.25, -0.2) is 8.42 Å². The van der Waals surface area contributed by atoms with E-state index in [9.17, 15) is 18.0 Å². The van der Waals surface area contributed by atoms with E-state index in [1.807, 2.05) is 57.2 Å². The van der Waals surface area contributed by atoms with Gasteiger partial charge in [-0.15, -0.1) is 0 Å². The van der Waals surface area contributed by atoms with Crippen LogP contribution in [0, 0.1) is 6.92 Å². The zero-order valence-corrected chi connectivity index (χ0v) is 25.7. The van der Waals surface area contributed by atoms with Crippen LogP contribution in [-0.4, -0.2) is 57.1 Å². The van der Waals surface area contributed by atoms with Gasteiger partial charge in [0.05, 0.1) is 19.1 Å². The van der Waals surface area contributed by atoms with Gasteiger partial charge in [0.15, 0.2) is 0 Å². The minimum absolute atomic E-state index is 0.0632. The molecule has 0 unspecified atom stereocenters. The summed E-state index contributed by atoms with van der Waals surface area (Å²) in [6, 6.07) is 20.5. The normalized spacial score (nSPS) is 12.7. The highest BCUT2D eigenvalue weighted by Crippen LogP contribution is 2.26. The van der Waals surface area contributed by atoms with Gasteiger partial charge in [-0.2, -0.15) is 0 Å². The van der Waals surface area contributed by atoms with Gasteiger partial charge in [0.25, 0.3) is 0 Å². The molecule has 0 spiro atoms. The van der Waals surface area contributed by atoms with Crippen LogP contribution >= 0.6 is 11.6 Å². The largest absolute Gasteiger partial charge is 0.497 e. The highest BCUT2D eigenvalue weighted by Gasteiger charge is 2.33. The Labute approximate surface area is 248 Å². The van der Waals surface area contributed by atoms with E-state index >= 15 is 0 Å². The summed E-state index contributed by atoms with van der Waals surface area (Å²) >= 11 is 6.31. The summed E-state index contributed by atoms with van der Waals surface area (Å²) < 4.78 is 32.2. The van der Waals surface area contributed by atoms with Crippen molar-refractivity contribution in [3.05, 3.63) is 94.5 Å². The topological polar surface area (TPSA) is 96.0 Å². The number of hydrogen-bond acceptors (Lipinski definition) is 5. The maximum absolute atomic E-state index is 14.2. The second kappa shape index (κ2) is 14.4. The van der Waals surface area contributed by atoms with Crippen molar-refractivity contribution >= 4 is 39.1 Å².